The molecule has 0 saturated heterocycles. The zero-order valence-electron chi connectivity index (χ0n) is 9.09. The van der Waals surface area contributed by atoms with Gasteiger partial charge in [-0.1, -0.05) is 6.92 Å². The Morgan fingerprint density at radius 3 is 2.38 bits per heavy atom. The third-order valence-corrected chi connectivity index (χ3v) is 2.20. The fourth-order valence-corrected chi connectivity index (χ4v) is 1.32. The van der Waals surface area contributed by atoms with Crippen molar-refractivity contribution < 1.29 is 4.74 Å². The number of rotatable bonds is 9. The molecule has 0 heterocycles. The third-order valence-electron chi connectivity index (χ3n) is 2.20. The molecule has 0 aliphatic rings. The summed E-state index contributed by atoms with van der Waals surface area (Å²) < 4.78 is 5.00. The van der Waals surface area contributed by atoms with Gasteiger partial charge in [-0.2, -0.15) is 0 Å². The first kappa shape index (κ1) is 12.9. The van der Waals surface area contributed by atoms with Crippen molar-refractivity contribution in [2.75, 3.05) is 39.9 Å². The van der Waals surface area contributed by atoms with Gasteiger partial charge >= 0.3 is 0 Å². The number of ether oxygens (including phenoxy) is 1. The Balaban J connectivity index is 3.25. The Labute approximate surface area is 82.2 Å². The van der Waals surface area contributed by atoms with E-state index in [0.29, 0.717) is 0 Å². The molecular weight excluding hydrogens is 164 g/mol. The van der Waals surface area contributed by atoms with Crippen molar-refractivity contribution in [3.8, 4) is 0 Å². The molecular formula is C10H24N2O. The van der Waals surface area contributed by atoms with Crippen LogP contribution >= 0.6 is 0 Å². The lowest BCUT2D eigenvalue weighted by Gasteiger charge is -2.19. The predicted molar refractivity (Wildman–Crippen MR) is 56.9 cm³/mol. The van der Waals surface area contributed by atoms with Crippen LogP contribution in [-0.4, -0.2) is 44.8 Å². The molecule has 2 N–H and O–H groups in total. The average Bonchev–Trinajstić information content (AvgIpc) is 2.17. The molecule has 0 radical (unpaired) electrons. The van der Waals surface area contributed by atoms with E-state index in [4.69, 9.17) is 10.5 Å². The molecule has 3 nitrogen and oxygen atoms in total. The van der Waals surface area contributed by atoms with E-state index in [0.717, 1.165) is 39.1 Å². The first-order valence-corrected chi connectivity index (χ1v) is 5.26. The van der Waals surface area contributed by atoms with Gasteiger partial charge in [0, 0.05) is 13.7 Å². The van der Waals surface area contributed by atoms with Gasteiger partial charge in [0.25, 0.3) is 0 Å². The summed E-state index contributed by atoms with van der Waals surface area (Å²) in [4.78, 5) is 2.45. The van der Waals surface area contributed by atoms with E-state index in [2.05, 4.69) is 11.8 Å². The smallest absolute Gasteiger partial charge is 0.0462 e. The largest absolute Gasteiger partial charge is 0.385 e. The molecule has 13 heavy (non-hydrogen) atoms. The maximum absolute atomic E-state index is 5.46. The van der Waals surface area contributed by atoms with Crippen molar-refractivity contribution in [3.05, 3.63) is 0 Å². The van der Waals surface area contributed by atoms with Crippen LogP contribution in [0.3, 0.4) is 0 Å². The van der Waals surface area contributed by atoms with Crippen LogP contribution in [0.5, 0.6) is 0 Å². The summed E-state index contributed by atoms with van der Waals surface area (Å²) in [7, 11) is 1.76. The molecule has 80 valence electrons. The predicted octanol–water partition coefficient (Wildman–Crippen LogP) is 1.08. The number of unbranched alkanes of at least 4 members (excludes halogenated alkanes) is 1. The molecule has 0 aliphatic carbocycles. The van der Waals surface area contributed by atoms with Crippen molar-refractivity contribution in [1.29, 1.82) is 0 Å². The number of nitrogens with zero attached hydrogens (tertiary/aromatic N) is 1. The number of nitrogens with two attached hydrogens (primary N) is 1. The summed E-state index contributed by atoms with van der Waals surface area (Å²) in [5.41, 5.74) is 5.46. The normalized spacial score (nSPS) is 11.1. The van der Waals surface area contributed by atoms with E-state index in [1.807, 2.05) is 0 Å². The fourth-order valence-electron chi connectivity index (χ4n) is 1.32. The first-order valence-electron chi connectivity index (χ1n) is 5.26. The van der Waals surface area contributed by atoms with Crippen LogP contribution in [0.25, 0.3) is 0 Å². The zero-order chi connectivity index (χ0) is 9.94. The summed E-state index contributed by atoms with van der Waals surface area (Å²) in [6.45, 7) is 7.34. The van der Waals surface area contributed by atoms with E-state index >= 15 is 0 Å². The van der Waals surface area contributed by atoms with Crippen molar-refractivity contribution in [2.45, 2.75) is 26.2 Å². The molecule has 3 heteroatoms. The third kappa shape index (κ3) is 8.22. The van der Waals surface area contributed by atoms with Crippen LogP contribution in [0.2, 0.25) is 0 Å². The molecule has 0 unspecified atom stereocenters. The standard InChI is InChI=1S/C10H24N2O/c1-3-12(9-6-7-11)8-4-5-10-13-2/h3-11H2,1-2H3. The molecule has 0 atom stereocenters. The lowest BCUT2D eigenvalue weighted by atomic mass is 10.3. The highest BCUT2D eigenvalue weighted by atomic mass is 16.5. The van der Waals surface area contributed by atoms with Gasteiger partial charge in [0.1, 0.15) is 0 Å². The highest BCUT2D eigenvalue weighted by Gasteiger charge is 2.00. The Morgan fingerprint density at radius 1 is 1.15 bits per heavy atom. The highest BCUT2D eigenvalue weighted by molar-refractivity contribution is 4.55. The summed E-state index contributed by atoms with van der Waals surface area (Å²) in [6.07, 6.45) is 3.50. The molecule has 0 amide bonds. The second-order valence-electron chi connectivity index (χ2n) is 3.28. The molecule has 0 aromatic rings. The van der Waals surface area contributed by atoms with Crippen molar-refractivity contribution in [2.24, 2.45) is 5.73 Å². The lowest BCUT2D eigenvalue weighted by molar-refractivity contribution is 0.184. The second-order valence-corrected chi connectivity index (χ2v) is 3.28. The highest BCUT2D eigenvalue weighted by Crippen LogP contribution is 1.96. The van der Waals surface area contributed by atoms with E-state index in [1.165, 1.54) is 13.0 Å². The summed E-state index contributed by atoms with van der Waals surface area (Å²) >= 11 is 0. The number of hydrogen-bond acceptors (Lipinski definition) is 3. The van der Waals surface area contributed by atoms with Gasteiger partial charge in [0.05, 0.1) is 0 Å². The minimum atomic E-state index is 0.800. The molecule has 0 aliphatic heterocycles. The molecule has 0 saturated carbocycles. The topological polar surface area (TPSA) is 38.5 Å². The Morgan fingerprint density at radius 2 is 1.85 bits per heavy atom. The quantitative estimate of drug-likeness (QED) is 0.550. The van der Waals surface area contributed by atoms with Crippen LogP contribution in [-0.2, 0) is 4.74 Å². The van der Waals surface area contributed by atoms with E-state index < -0.39 is 0 Å². The SMILES string of the molecule is CCN(CCCN)CCCCOC. The minimum absolute atomic E-state index is 0.800. The summed E-state index contributed by atoms with van der Waals surface area (Å²) in [6, 6.07) is 0. The van der Waals surface area contributed by atoms with Gasteiger partial charge in [-0.25, -0.2) is 0 Å². The fraction of sp³-hybridized carbons (Fsp3) is 1.00. The maximum atomic E-state index is 5.46. The monoisotopic (exact) mass is 188 g/mol. The average molecular weight is 188 g/mol. The second kappa shape index (κ2) is 9.96. The summed E-state index contributed by atoms with van der Waals surface area (Å²) in [5, 5.41) is 0. The van der Waals surface area contributed by atoms with E-state index in [1.54, 1.807) is 7.11 Å². The number of methoxy groups -OCH3 is 1. The lowest BCUT2D eigenvalue weighted by Crippen LogP contribution is -2.27. The van der Waals surface area contributed by atoms with Crippen LogP contribution in [0, 0.1) is 0 Å². The Bertz CT molecular complexity index is 98.9. The Hall–Kier alpha value is -0.120. The van der Waals surface area contributed by atoms with Gasteiger partial charge < -0.3 is 15.4 Å². The van der Waals surface area contributed by atoms with Crippen molar-refractivity contribution in [1.82, 2.24) is 4.90 Å². The minimum Gasteiger partial charge on any atom is -0.385 e. The van der Waals surface area contributed by atoms with Crippen molar-refractivity contribution in [3.63, 3.8) is 0 Å². The molecule has 0 aromatic carbocycles. The van der Waals surface area contributed by atoms with Crippen LogP contribution in [0.4, 0.5) is 0 Å². The number of hydrogen-bond donors (Lipinski definition) is 1. The first-order chi connectivity index (χ1) is 6.35. The van der Waals surface area contributed by atoms with E-state index in [-0.39, 0.29) is 0 Å². The molecule has 0 spiro atoms. The molecule has 0 rings (SSSR count). The van der Waals surface area contributed by atoms with Gasteiger partial charge in [-0.05, 0) is 45.4 Å². The molecule has 0 fully saturated rings. The summed E-state index contributed by atoms with van der Waals surface area (Å²) in [5.74, 6) is 0. The van der Waals surface area contributed by atoms with Crippen LogP contribution in [0.15, 0.2) is 0 Å². The van der Waals surface area contributed by atoms with Gasteiger partial charge in [-0.15, -0.1) is 0 Å². The molecule has 0 aromatic heterocycles. The molecule has 0 bridgehead atoms. The van der Waals surface area contributed by atoms with Gasteiger partial charge in [0.15, 0.2) is 0 Å². The zero-order valence-corrected chi connectivity index (χ0v) is 9.09. The van der Waals surface area contributed by atoms with Crippen molar-refractivity contribution >= 4 is 0 Å². The van der Waals surface area contributed by atoms with E-state index in [9.17, 15) is 0 Å². The van der Waals surface area contributed by atoms with Crippen LogP contribution < -0.4 is 5.73 Å². The van der Waals surface area contributed by atoms with Crippen LogP contribution in [0.1, 0.15) is 26.2 Å². The van der Waals surface area contributed by atoms with Gasteiger partial charge in [0.2, 0.25) is 0 Å². The maximum Gasteiger partial charge on any atom is 0.0462 e. The Kier molecular flexibility index (Phi) is 9.87. The van der Waals surface area contributed by atoms with Gasteiger partial charge in [-0.3, -0.25) is 0 Å².